The molecule has 0 amide bonds. The van der Waals surface area contributed by atoms with Gasteiger partial charge in [-0.1, -0.05) is 18.2 Å². The molecule has 2 aliphatic rings. The molecule has 3 heterocycles. The van der Waals surface area contributed by atoms with Crippen LogP contribution in [-0.4, -0.2) is 39.0 Å². The zero-order chi connectivity index (χ0) is 19.0. The molecule has 144 valence electrons. The number of aliphatic hydroxyl groups is 1. The summed E-state index contributed by atoms with van der Waals surface area (Å²) in [5.41, 5.74) is 2.76. The van der Waals surface area contributed by atoms with E-state index in [9.17, 15) is 5.11 Å². The molecule has 2 aliphatic heterocycles. The van der Waals surface area contributed by atoms with E-state index in [0.29, 0.717) is 12.1 Å². The number of fused-ring (bicyclic) bond motifs is 2. The van der Waals surface area contributed by atoms with Crippen molar-refractivity contribution in [1.29, 1.82) is 0 Å². The predicted molar refractivity (Wildman–Crippen MR) is 106 cm³/mol. The van der Waals surface area contributed by atoms with Crippen molar-refractivity contribution in [3.63, 3.8) is 0 Å². The number of hydrogen-bond donors (Lipinski definition) is 1. The third-order valence-corrected chi connectivity index (χ3v) is 6.40. The van der Waals surface area contributed by atoms with Gasteiger partial charge in [-0.15, -0.1) is 6.58 Å². The van der Waals surface area contributed by atoms with Gasteiger partial charge < -0.3 is 9.84 Å². The number of benzene rings is 1. The molecule has 0 saturated carbocycles. The molecule has 2 aromatic rings. The van der Waals surface area contributed by atoms with E-state index in [0.717, 1.165) is 50.1 Å². The first kappa shape index (κ1) is 18.3. The molecule has 0 unspecified atom stereocenters. The minimum atomic E-state index is -0.739. The van der Waals surface area contributed by atoms with Gasteiger partial charge in [0.05, 0.1) is 25.5 Å². The van der Waals surface area contributed by atoms with Gasteiger partial charge in [0, 0.05) is 29.9 Å². The molecular weight excluding hydrogens is 338 g/mol. The zero-order valence-electron chi connectivity index (χ0n) is 16.3. The minimum Gasteiger partial charge on any atom is -0.497 e. The Hall–Kier alpha value is -2.11. The summed E-state index contributed by atoms with van der Waals surface area (Å²) in [5.74, 6) is 0.828. The van der Waals surface area contributed by atoms with Crippen LogP contribution in [0.5, 0.6) is 5.75 Å². The van der Waals surface area contributed by atoms with Crippen molar-refractivity contribution in [3.8, 4) is 5.75 Å². The highest BCUT2D eigenvalue weighted by molar-refractivity contribution is 5.32. The number of rotatable bonds is 6. The van der Waals surface area contributed by atoms with Crippen molar-refractivity contribution in [3.05, 3.63) is 59.9 Å². The Morgan fingerprint density at radius 2 is 1.93 bits per heavy atom. The van der Waals surface area contributed by atoms with Gasteiger partial charge in [-0.2, -0.15) is 5.10 Å². The van der Waals surface area contributed by atoms with Gasteiger partial charge >= 0.3 is 0 Å². The maximum absolute atomic E-state index is 11.4. The summed E-state index contributed by atoms with van der Waals surface area (Å²) in [4.78, 5) is 2.58. The van der Waals surface area contributed by atoms with Crippen LogP contribution in [0.1, 0.15) is 42.5 Å². The average molecular weight is 367 g/mol. The summed E-state index contributed by atoms with van der Waals surface area (Å²) in [6, 6.07) is 8.74. The average Bonchev–Trinajstić information content (AvgIpc) is 3.13. The van der Waals surface area contributed by atoms with Gasteiger partial charge in [-0.05, 0) is 50.3 Å². The van der Waals surface area contributed by atoms with Crippen molar-refractivity contribution >= 4 is 0 Å². The van der Waals surface area contributed by atoms with E-state index in [1.807, 2.05) is 41.2 Å². The lowest BCUT2D eigenvalue weighted by Crippen LogP contribution is -2.49. The Morgan fingerprint density at radius 3 is 2.52 bits per heavy atom. The number of hydrogen-bond acceptors (Lipinski definition) is 4. The second-order valence-electron chi connectivity index (χ2n) is 7.95. The van der Waals surface area contributed by atoms with Gasteiger partial charge in [-0.3, -0.25) is 9.58 Å². The molecular formula is C22H29N3O2. The van der Waals surface area contributed by atoms with Crippen molar-refractivity contribution in [1.82, 2.24) is 14.7 Å². The Morgan fingerprint density at radius 1 is 1.26 bits per heavy atom. The lowest BCUT2D eigenvalue weighted by atomic mass is 9.80. The summed E-state index contributed by atoms with van der Waals surface area (Å²) >= 11 is 0. The third kappa shape index (κ3) is 3.30. The fraction of sp³-hybridized carbons (Fsp3) is 0.500. The predicted octanol–water partition coefficient (Wildman–Crippen LogP) is 3.40. The van der Waals surface area contributed by atoms with E-state index >= 15 is 0 Å². The van der Waals surface area contributed by atoms with Crippen LogP contribution in [0.2, 0.25) is 0 Å². The molecule has 4 rings (SSSR count). The van der Waals surface area contributed by atoms with Crippen LogP contribution in [0.15, 0.2) is 43.1 Å². The summed E-state index contributed by atoms with van der Waals surface area (Å²) in [5, 5.41) is 15.9. The highest BCUT2D eigenvalue weighted by atomic mass is 16.5. The lowest BCUT2D eigenvalue weighted by Gasteiger charge is -2.44. The number of ether oxygens (including phenoxy) is 1. The first-order valence-corrected chi connectivity index (χ1v) is 9.79. The fourth-order valence-electron chi connectivity index (χ4n) is 4.85. The van der Waals surface area contributed by atoms with Gasteiger partial charge in [0.2, 0.25) is 0 Å². The Kier molecular flexibility index (Phi) is 4.82. The molecule has 5 nitrogen and oxygen atoms in total. The molecule has 2 saturated heterocycles. The monoisotopic (exact) mass is 367 g/mol. The number of allylic oxidation sites excluding steroid dienone is 1. The molecule has 1 aromatic heterocycles. The molecule has 27 heavy (non-hydrogen) atoms. The maximum atomic E-state index is 11.4. The molecule has 0 radical (unpaired) electrons. The van der Waals surface area contributed by atoms with E-state index < -0.39 is 5.60 Å². The Labute approximate surface area is 161 Å². The van der Waals surface area contributed by atoms with Crippen LogP contribution in [0.4, 0.5) is 0 Å². The summed E-state index contributed by atoms with van der Waals surface area (Å²) in [7, 11) is 1.67. The van der Waals surface area contributed by atoms with Crippen LogP contribution in [0.3, 0.4) is 0 Å². The SMILES string of the molecule is C=CCn1ncc(CN2[C@@H]3CC[C@@H]2CC(O)(c2ccc(OC)cc2)C3)c1C. The van der Waals surface area contributed by atoms with Crippen molar-refractivity contribution in [2.45, 2.75) is 63.4 Å². The molecule has 5 heteroatoms. The maximum Gasteiger partial charge on any atom is 0.118 e. The Bertz CT molecular complexity index is 797. The third-order valence-electron chi connectivity index (χ3n) is 6.40. The standard InChI is InChI=1S/C22H29N3O2/c1-4-11-25-16(2)17(14-23-25)15-24-19-7-8-20(24)13-22(26,12-19)18-5-9-21(27-3)10-6-18/h4-6,9-10,14,19-20,26H,1,7-8,11-13,15H2,2-3H3/t19-,20-/m1/s1. The number of nitrogens with zero attached hydrogens (tertiary/aromatic N) is 3. The molecule has 0 aliphatic carbocycles. The number of aromatic nitrogens is 2. The largest absolute Gasteiger partial charge is 0.497 e. The quantitative estimate of drug-likeness (QED) is 0.795. The van der Waals surface area contributed by atoms with Crippen LogP contribution >= 0.6 is 0 Å². The smallest absolute Gasteiger partial charge is 0.118 e. The molecule has 2 fully saturated rings. The van der Waals surface area contributed by atoms with Crippen LogP contribution in [-0.2, 0) is 18.7 Å². The fourth-order valence-corrected chi connectivity index (χ4v) is 4.85. The highest BCUT2D eigenvalue weighted by Crippen LogP contribution is 2.46. The number of piperidine rings is 1. The normalized spacial score (nSPS) is 27.7. The molecule has 2 atom stereocenters. The van der Waals surface area contributed by atoms with E-state index in [1.165, 1.54) is 11.3 Å². The second-order valence-corrected chi connectivity index (χ2v) is 7.95. The first-order chi connectivity index (χ1) is 13.0. The van der Waals surface area contributed by atoms with Gasteiger partial charge in [0.1, 0.15) is 5.75 Å². The van der Waals surface area contributed by atoms with Crippen LogP contribution in [0.25, 0.3) is 0 Å². The summed E-state index contributed by atoms with van der Waals surface area (Å²) < 4.78 is 7.26. The van der Waals surface area contributed by atoms with Crippen molar-refractivity contribution < 1.29 is 9.84 Å². The lowest BCUT2D eigenvalue weighted by molar-refractivity contribution is -0.0595. The topological polar surface area (TPSA) is 50.5 Å². The van der Waals surface area contributed by atoms with Crippen LogP contribution in [0, 0.1) is 6.92 Å². The first-order valence-electron chi connectivity index (χ1n) is 9.79. The van der Waals surface area contributed by atoms with Gasteiger partial charge in [0.15, 0.2) is 0 Å². The van der Waals surface area contributed by atoms with Gasteiger partial charge in [0.25, 0.3) is 0 Å². The number of methoxy groups -OCH3 is 1. The highest BCUT2D eigenvalue weighted by Gasteiger charge is 2.48. The molecule has 1 N–H and O–H groups in total. The van der Waals surface area contributed by atoms with E-state index in [2.05, 4.69) is 23.5 Å². The molecule has 2 bridgehead atoms. The second kappa shape index (κ2) is 7.13. The van der Waals surface area contributed by atoms with E-state index in [-0.39, 0.29) is 0 Å². The summed E-state index contributed by atoms with van der Waals surface area (Å²) in [6.07, 6.45) is 7.75. The van der Waals surface area contributed by atoms with Crippen molar-refractivity contribution in [2.24, 2.45) is 0 Å². The minimum absolute atomic E-state index is 0.415. The Balaban J connectivity index is 1.51. The van der Waals surface area contributed by atoms with E-state index in [1.54, 1.807) is 7.11 Å². The van der Waals surface area contributed by atoms with E-state index in [4.69, 9.17) is 4.74 Å². The van der Waals surface area contributed by atoms with Crippen LogP contribution < -0.4 is 4.74 Å². The molecule has 0 spiro atoms. The summed E-state index contributed by atoms with van der Waals surface area (Å²) in [6.45, 7) is 7.59. The van der Waals surface area contributed by atoms with Gasteiger partial charge in [-0.25, -0.2) is 0 Å². The zero-order valence-corrected chi connectivity index (χ0v) is 16.3. The molecule has 1 aromatic carbocycles. The van der Waals surface area contributed by atoms with Crippen molar-refractivity contribution in [2.75, 3.05) is 7.11 Å².